The molecule has 2 rings (SSSR count). The van der Waals surface area contributed by atoms with Gasteiger partial charge >= 0.3 is 10.1 Å². The standard InChI is InChI=1S/C12H18O4S2/c1-12(2)7-9(4-5-16-12)10-6-11(17-8-10)18(13,14)15-3/h6,8-9H,4-5,7H2,1-3H3. The average molecular weight is 290 g/mol. The van der Waals surface area contributed by atoms with Crippen LogP contribution in [-0.2, 0) is 19.0 Å². The number of hydrogen-bond donors (Lipinski definition) is 0. The normalized spacial score (nSPS) is 24.1. The van der Waals surface area contributed by atoms with E-state index in [1.165, 1.54) is 18.4 Å². The van der Waals surface area contributed by atoms with Crippen molar-refractivity contribution < 1.29 is 17.3 Å². The van der Waals surface area contributed by atoms with Crippen molar-refractivity contribution in [2.45, 2.75) is 42.4 Å². The second kappa shape index (κ2) is 4.92. The van der Waals surface area contributed by atoms with Crippen LogP contribution in [0.15, 0.2) is 15.7 Å². The SMILES string of the molecule is COS(=O)(=O)c1cc(C2CCOC(C)(C)C2)cs1. The summed E-state index contributed by atoms with van der Waals surface area (Å²) in [6.45, 7) is 4.86. The van der Waals surface area contributed by atoms with Crippen LogP contribution in [0.4, 0.5) is 0 Å². The quantitative estimate of drug-likeness (QED) is 0.803. The van der Waals surface area contributed by atoms with Gasteiger partial charge in [-0.2, -0.15) is 8.42 Å². The van der Waals surface area contributed by atoms with Gasteiger partial charge in [-0.1, -0.05) is 0 Å². The van der Waals surface area contributed by atoms with E-state index in [1.807, 2.05) is 5.38 Å². The van der Waals surface area contributed by atoms with E-state index in [9.17, 15) is 8.42 Å². The molecule has 0 N–H and O–H groups in total. The summed E-state index contributed by atoms with van der Waals surface area (Å²) in [6.07, 6.45) is 1.85. The molecule has 0 spiro atoms. The molecule has 102 valence electrons. The molecule has 1 atom stereocenters. The average Bonchev–Trinajstić information content (AvgIpc) is 2.77. The Morgan fingerprint density at radius 3 is 2.83 bits per heavy atom. The third kappa shape index (κ3) is 2.93. The summed E-state index contributed by atoms with van der Waals surface area (Å²) in [5, 5.41) is 1.91. The minimum Gasteiger partial charge on any atom is -0.376 e. The first-order valence-corrected chi connectivity index (χ1v) is 8.16. The van der Waals surface area contributed by atoms with E-state index in [1.54, 1.807) is 6.07 Å². The van der Waals surface area contributed by atoms with Gasteiger partial charge in [-0.05, 0) is 49.6 Å². The Hall–Kier alpha value is -0.430. The van der Waals surface area contributed by atoms with Gasteiger partial charge in [-0.25, -0.2) is 0 Å². The predicted octanol–water partition coefficient (Wildman–Crippen LogP) is 2.76. The molecule has 1 aliphatic rings. The number of thiophene rings is 1. The maximum absolute atomic E-state index is 11.6. The van der Waals surface area contributed by atoms with Gasteiger partial charge in [0.15, 0.2) is 0 Å². The molecule has 0 bridgehead atoms. The van der Waals surface area contributed by atoms with Crippen LogP contribution >= 0.6 is 11.3 Å². The molecule has 1 unspecified atom stereocenters. The summed E-state index contributed by atoms with van der Waals surface area (Å²) in [6, 6.07) is 1.73. The number of rotatable bonds is 3. The summed E-state index contributed by atoms with van der Waals surface area (Å²) in [5.41, 5.74) is 0.942. The van der Waals surface area contributed by atoms with Crippen LogP contribution in [0.25, 0.3) is 0 Å². The van der Waals surface area contributed by atoms with Gasteiger partial charge in [-0.15, -0.1) is 11.3 Å². The molecule has 18 heavy (non-hydrogen) atoms. The molecule has 2 heterocycles. The Morgan fingerprint density at radius 2 is 2.22 bits per heavy atom. The van der Waals surface area contributed by atoms with Crippen molar-refractivity contribution in [2.24, 2.45) is 0 Å². The van der Waals surface area contributed by atoms with E-state index >= 15 is 0 Å². The Labute approximate surface area is 112 Å². The Morgan fingerprint density at radius 1 is 1.50 bits per heavy atom. The summed E-state index contributed by atoms with van der Waals surface area (Å²) in [7, 11) is -2.37. The zero-order chi connectivity index (χ0) is 13.4. The monoisotopic (exact) mass is 290 g/mol. The third-order valence-corrected chi connectivity index (χ3v) is 5.92. The van der Waals surface area contributed by atoms with Crippen LogP contribution < -0.4 is 0 Å². The Kier molecular flexibility index (Phi) is 3.82. The lowest BCUT2D eigenvalue weighted by Crippen LogP contribution is -2.32. The number of ether oxygens (including phenoxy) is 1. The highest BCUT2D eigenvalue weighted by Gasteiger charge is 2.30. The third-order valence-electron chi connectivity index (χ3n) is 3.23. The lowest BCUT2D eigenvalue weighted by Gasteiger charge is -2.35. The van der Waals surface area contributed by atoms with Crippen molar-refractivity contribution in [2.75, 3.05) is 13.7 Å². The first kappa shape index (κ1) is 14.0. The van der Waals surface area contributed by atoms with Crippen LogP contribution in [0.3, 0.4) is 0 Å². The summed E-state index contributed by atoms with van der Waals surface area (Å²) in [4.78, 5) is 0. The van der Waals surface area contributed by atoms with E-state index < -0.39 is 10.1 Å². The lowest BCUT2D eigenvalue weighted by molar-refractivity contribution is -0.0592. The van der Waals surface area contributed by atoms with E-state index in [2.05, 4.69) is 18.0 Å². The zero-order valence-electron chi connectivity index (χ0n) is 10.8. The molecular formula is C12H18O4S2. The lowest BCUT2D eigenvalue weighted by atomic mass is 9.85. The molecule has 1 aliphatic heterocycles. The van der Waals surface area contributed by atoms with Crippen LogP contribution in [0, 0.1) is 0 Å². The van der Waals surface area contributed by atoms with Crippen molar-refractivity contribution in [1.29, 1.82) is 0 Å². The smallest absolute Gasteiger partial charge is 0.306 e. The molecule has 6 heteroatoms. The summed E-state index contributed by atoms with van der Waals surface area (Å²) >= 11 is 1.22. The first-order chi connectivity index (χ1) is 8.34. The van der Waals surface area contributed by atoms with Crippen molar-refractivity contribution in [3.63, 3.8) is 0 Å². The fourth-order valence-electron chi connectivity index (χ4n) is 2.27. The van der Waals surface area contributed by atoms with Crippen LogP contribution in [0.2, 0.25) is 0 Å². The highest BCUT2D eigenvalue weighted by molar-refractivity contribution is 7.88. The minimum absolute atomic E-state index is 0.134. The molecule has 0 aliphatic carbocycles. The van der Waals surface area contributed by atoms with Crippen molar-refractivity contribution in [3.8, 4) is 0 Å². The molecule has 1 saturated heterocycles. The molecule has 4 nitrogen and oxygen atoms in total. The number of hydrogen-bond acceptors (Lipinski definition) is 5. The molecule has 0 amide bonds. The molecule has 1 aromatic rings. The highest BCUT2D eigenvalue weighted by Crippen LogP contribution is 2.38. The molecular weight excluding hydrogens is 272 g/mol. The van der Waals surface area contributed by atoms with Gasteiger partial charge in [0, 0.05) is 6.61 Å². The van der Waals surface area contributed by atoms with Gasteiger partial charge in [-0.3, -0.25) is 4.18 Å². The second-order valence-corrected chi connectivity index (χ2v) is 7.97. The van der Waals surface area contributed by atoms with Crippen LogP contribution in [0.1, 0.15) is 38.2 Å². The maximum atomic E-state index is 11.6. The molecule has 1 aromatic heterocycles. The van der Waals surface area contributed by atoms with Crippen molar-refractivity contribution in [1.82, 2.24) is 0 Å². The molecule has 0 saturated carbocycles. The zero-order valence-corrected chi connectivity index (χ0v) is 12.4. The maximum Gasteiger partial charge on any atom is 0.306 e. The van der Waals surface area contributed by atoms with Crippen LogP contribution in [0.5, 0.6) is 0 Å². The molecule has 1 fully saturated rings. The predicted molar refractivity (Wildman–Crippen MR) is 70.5 cm³/mol. The van der Waals surface area contributed by atoms with Gasteiger partial charge in [0.1, 0.15) is 4.21 Å². The topological polar surface area (TPSA) is 52.6 Å². The second-order valence-electron chi connectivity index (χ2n) is 5.12. The van der Waals surface area contributed by atoms with Crippen molar-refractivity contribution in [3.05, 3.63) is 17.0 Å². The Bertz CT molecular complexity index is 516. The Balaban J connectivity index is 2.20. The van der Waals surface area contributed by atoms with Gasteiger partial charge in [0.05, 0.1) is 12.7 Å². The molecule has 0 radical (unpaired) electrons. The van der Waals surface area contributed by atoms with Gasteiger partial charge < -0.3 is 4.74 Å². The van der Waals surface area contributed by atoms with E-state index in [0.29, 0.717) is 5.92 Å². The van der Waals surface area contributed by atoms with E-state index in [-0.39, 0.29) is 9.81 Å². The van der Waals surface area contributed by atoms with Gasteiger partial charge in [0.25, 0.3) is 0 Å². The van der Waals surface area contributed by atoms with E-state index in [4.69, 9.17) is 4.74 Å². The summed E-state index contributed by atoms with van der Waals surface area (Å²) < 4.78 is 33.7. The molecule has 0 aromatic carbocycles. The first-order valence-electron chi connectivity index (χ1n) is 5.87. The largest absolute Gasteiger partial charge is 0.376 e. The van der Waals surface area contributed by atoms with E-state index in [0.717, 1.165) is 25.0 Å². The van der Waals surface area contributed by atoms with Crippen LogP contribution in [-0.4, -0.2) is 27.7 Å². The van der Waals surface area contributed by atoms with Crippen molar-refractivity contribution >= 4 is 21.5 Å². The fraction of sp³-hybridized carbons (Fsp3) is 0.667. The summed E-state index contributed by atoms with van der Waals surface area (Å²) in [5.74, 6) is 0.366. The minimum atomic E-state index is -3.56. The highest BCUT2D eigenvalue weighted by atomic mass is 32.3. The van der Waals surface area contributed by atoms with Gasteiger partial charge in [0.2, 0.25) is 0 Å². The fourth-order valence-corrected chi connectivity index (χ4v) is 4.26.